The average Bonchev–Trinajstić information content (AvgIpc) is 2.58. The first kappa shape index (κ1) is 19.4. The van der Waals surface area contributed by atoms with Crippen molar-refractivity contribution >= 4 is 21.9 Å². The number of benzene rings is 1. The number of rotatable bonds is 6. The molecular weight excluding hydrogens is 346 g/mol. The molecule has 2 unspecified atom stereocenters. The Bertz CT molecular complexity index is 708. The van der Waals surface area contributed by atoms with E-state index >= 15 is 0 Å². The van der Waals surface area contributed by atoms with Gasteiger partial charge in [0.25, 0.3) is 10.1 Å². The first-order chi connectivity index (χ1) is 11.8. The Kier molecular flexibility index (Phi) is 6.51. The lowest BCUT2D eigenvalue weighted by Gasteiger charge is -2.37. The summed E-state index contributed by atoms with van der Waals surface area (Å²) in [5.41, 5.74) is 7.26. The van der Waals surface area contributed by atoms with Crippen LogP contribution in [0.2, 0.25) is 0 Å². The second-order valence-electron chi connectivity index (χ2n) is 6.12. The summed E-state index contributed by atoms with van der Waals surface area (Å²) >= 11 is 0. The number of carbonyl (C=O) groups is 2. The molecule has 0 bridgehead atoms. The fraction of sp³-hybridized carbons (Fsp3) is 0.500. The highest BCUT2D eigenvalue weighted by Crippen LogP contribution is 2.25. The predicted octanol–water partition coefficient (Wildman–Crippen LogP) is -0.276. The Morgan fingerprint density at radius 2 is 1.96 bits per heavy atom. The van der Waals surface area contributed by atoms with Crippen LogP contribution in [0, 0.1) is 0 Å². The summed E-state index contributed by atoms with van der Waals surface area (Å²) in [7, 11) is -4.19. The molecule has 0 spiro atoms. The third-order valence-corrected chi connectivity index (χ3v) is 4.99. The number of hydrogen-bond donors (Lipinski definition) is 3. The Labute approximate surface area is 147 Å². The molecule has 0 radical (unpaired) electrons. The summed E-state index contributed by atoms with van der Waals surface area (Å²) in [6.45, 7) is 0.788. The molecule has 2 amide bonds. The minimum Gasteiger partial charge on any atom is -0.347 e. The second-order valence-corrected chi connectivity index (χ2v) is 7.69. The Morgan fingerprint density at radius 1 is 1.28 bits per heavy atom. The van der Waals surface area contributed by atoms with Gasteiger partial charge in [-0.3, -0.25) is 14.1 Å². The molecule has 1 aliphatic heterocycles. The van der Waals surface area contributed by atoms with E-state index < -0.39 is 21.8 Å². The van der Waals surface area contributed by atoms with Gasteiger partial charge in [0.2, 0.25) is 11.8 Å². The largest absolute Gasteiger partial charge is 0.347 e. The third-order valence-electron chi connectivity index (χ3n) is 4.27. The van der Waals surface area contributed by atoms with E-state index in [9.17, 15) is 18.0 Å². The molecule has 1 fully saturated rings. The predicted molar refractivity (Wildman–Crippen MR) is 92.4 cm³/mol. The molecule has 1 saturated heterocycles. The zero-order chi connectivity index (χ0) is 18.4. The van der Waals surface area contributed by atoms with Gasteiger partial charge < -0.3 is 16.0 Å². The molecular formula is C16H23N3O5S. The fourth-order valence-corrected chi connectivity index (χ4v) is 3.29. The van der Waals surface area contributed by atoms with E-state index in [0.717, 1.165) is 5.56 Å². The highest BCUT2D eigenvalue weighted by Gasteiger charge is 2.30. The number of piperidine rings is 1. The van der Waals surface area contributed by atoms with Crippen LogP contribution in [0.15, 0.2) is 30.3 Å². The number of nitrogens with zero attached hydrogens (tertiary/aromatic N) is 1. The van der Waals surface area contributed by atoms with Gasteiger partial charge in [0.1, 0.15) is 0 Å². The van der Waals surface area contributed by atoms with Gasteiger partial charge in [-0.05, 0) is 12.0 Å². The van der Waals surface area contributed by atoms with Crippen LogP contribution in [0.3, 0.4) is 0 Å². The summed E-state index contributed by atoms with van der Waals surface area (Å²) < 4.78 is 29.8. The van der Waals surface area contributed by atoms with Gasteiger partial charge in [-0.25, -0.2) is 0 Å². The number of likely N-dealkylation sites (tertiary alicyclic amines) is 1. The van der Waals surface area contributed by atoms with Crippen molar-refractivity contribution in [2.45, 2.75) is 24.8 Å². The molecule has 1 aliphatic rings. The van der Waals surface area contributed by atoms with Crippen molar-refractivity contribution in [1.29, 1.82) is 0 Å². The van der Waals surface area contributed by atoms with E-state index in [1.54, 1.807) is 4.90 Å². The van der Waals surface area contributed by atoms with Crippen LogP contribution < -0.4 is 11.1 Å². The molecule has 1 heterocycles. The first-order valence-corrected chi connectivity index (χ1v) is 9.67. The fourth-order valence-electron chi connectivity index (χ4n) is 2.85. The first-order valence-electron chi connectivity index (χ1n) is 8.06. The average molecular weight is 369 g/mol. The summed E-state index contributed by atoms with van der Waals surface area (Å²) in [5.74, 6) is -1.47. The molecule has 138 valence electrons. The van der Waals surface area contributed by atoms with Crippen molar-refractivity contribution in [1.82, 2.24) is 10.2 Å². The smallest absolute Gasteiger partial charge is 0.265 e. The van der Waals surface area contributed by atoms with Gasteiger partial charge in [0.15, 0.2) is 0 Å². The second kappa shape index (κ2) is 8.41. The quantitative estimate of drug-likeness (QED) is 0.592. The van der Waals surface area contributed by atoms with Crippen molar-refractivity contribution in [3.63, 3.8) is 0 Å². The SMILES string of the molecule is NC1CCN(C(=O)CNC(=O)CCS(=O)(=O)O)CC1c1ccccc1. The van der Waals surface area contributed by atoms with E-state index in [2.05, 4.69) is 5.32 Å². The van der Waals surface area contributed by atoms with Gasteiger partial charge in [-0.2, -0.15) is 8.42 Å². The van der Waals surface area contributed by atoms with Crippen molar-refractivity contribution in [2.24, 2.45) is 5.73 Å². The lowest BCUT2D eigenvalue weighted by Crippen LogP contribution is -2.50. The molecule has 0 saturated carbocycles. The number of nitrogens with two attached hydrogens (primary N) is 1. The van der Waals surface area contributed by atoms with E-state index in [1.807, 2.05) is 30.3 Å². The van der Waals surface area contributed by atoms with E-state index in [0.29, 0.717) is 19.5 Å². The zero-order valence-corrected chi connectivity index (χ0v) is 14.6. The van der Waals surface area contributed by atoms with Crippen molar-refractivity contribution < 1.29 is 22.6 Å². The Hall–Kier alpha value is -1.97. The van der Waals surface area contributed by atoms with Crippen LogP contribution in [-0.4, -0.2) is 61.1 Å². The molecule has 4 N–H and O–H groups in total. The summed E-state index contributed by atoms with van der Waals surface area (Å²) in [6, 6.07) is 9.71. The number of amides is 2. The Morgan fingerprint density at radius 3 is 2.60 bits per heavy atom. The van der Waals surface area contributed by atoms with Crippen LogP contribution in [-0.2, 0) is 19.7 Å². The highest BCUT2D eigenvalue weighted by atomic mass is 32.2. The van der Waals surface area contributed by atoms with Gasteiger partial charge in [0, 0.05) is 31.5 Å². The molecule has 25 heavy (non-hydrogen) atoms. The van der Waals surface area contributed by atoms with Crippen molar-refractivity contribution in [3.8, 4) is 0 Å². The van der Waals surface area contributed by atoms with Crippen LogP contribution in [0.25, 0.3) is 0 Å². The molecule has 8 nitrogen and oxygen atoms in total. The number of hydrogen-bond acceptors (Lipinski definition) is 5. The van der Waals surface area contributed by atoms with Crippen LogP contribution in [0.1, 0.15) is 24.3 Å². The lowest BCUT2D eigenvalue weighted by atomic mass is 9.86. The minimum atomic E-state index is -4.19. The molecule has 0 aliphatic carbocycles. The maximum Gasteiger partial charge on any atom is 0.265 e. The summed E-state index contributed by atoms with van der Waals surface area (Å²) in [4.78, 5) is 25.5. The topological polar surface area (TPSA) is 130 Å². The zero-order valence-electron chi connectivity index (χ0n) is 13.8. The normalized spacial score (nSPS) is 21.0. The number of nitrogens with one attached hydrogen (secondary N) is 1. The highest BCUT2D eigenvalue weighted by molar-refractivity contribution is 7.85. The molecule has 1 aromatic carbocycles. The van der Waals surface area contributed by atoms with Crippen LogP contribution in [0.5, 0.6) is 0 Å². The third kappa shape index (κ3) is 6.11. The maximum atomic E-state index is 12.3. The standard InChI is InChI=1S/C16H23N3O5S/c17-14-6-8-19(11-13(14)12-4-2-1-3-5-12)16(21)10-18-15(20)7-9-25(22,23)24/h1-5,13-14H,6-11,17H2,(H,18,20)(H,22,23,24). The summed E-state index contributed by atoms with van der Waals surface area (Å²) in [5, 5.41) is 2.38. The van der Waals surface area contributed by atoms with E-state index in [4.69, 9.17) is 10.3 Å². The molecule has 2 rings (SSSR count). The minimum absolute atomic E-state index is 0.0317. The van der Waals surface area contributed by atoms with Gasteiger partial charge in [-0.15, -0.1) is 0 Å². The van der Waals surface area contributed by atoms with Gasteiger partial charge >= 0.3 is 0 Å². The molecule has 1 aromatic rings. The molecule has 2 atom stereocenters. The molecule has 9 heteroatoms. The lowest BCUT2D eigenvalue weighted by molar-refractivity contribution is -0.133. The molecule has 0 aromatic heterocycles. The summed E-state index contributed by atoms with van der Waals surface area (Å²) in [6.07, 6.45) is 0.283. The van der Waals surface area contributed by atoms with Crippen LogP contribution >= 0.6 is 0 Å². The van der Waals surface area contributed by atoms with Crippen molar-refractivity contribution in [2.75, 3.05) is 25.4 Å². The van der Waals surface area contributed by atoms with Crippen molar-refractivity contribution in [3.05, 3.63) is 35.9 Å². The van der Waals surface area contributed by atoms with E-state index in [-0.39, 0.29) is 30.8 Å². The van der Waals surface area contributed by atoms with Gasteiger partial charge in [-0.1, -0.05) is 30.3 Å². The monoisotopic (exact) mass is 369 g/mol. The maximum absolute atomic E-state index is 12.3. The number of carbonyl (C=O) groups excluding carboxylic acids is 2. The van der Waals surface area contributed by atoms with Crippen LogP contribution in [0.4, 0.5) is 0 Å². The Balaban J connectivity index is 1.86. The van der Waals surface area contributed by atoms with E-state index in [1.165, 1.54) is 0 Å². The van der Waals surface area contributed by atoms with Gasteiger partial charge in [0.05, 0.1) is 12.3 Å².